The molecule has 12 heteroatoms. The van der Waals surface area contributed by atoms with E-state index in [1.807, 2.05) is 11.9 Å². The number of carbonyl (C=O) groups is 3. The summed E-state index contributed by atoms with van der Waals surface area (Å²) < 4.78 is 34.7. The van der Waals surface area contributed by atoms with Crippen LogP contribution in [-0.4, -0.2) is 83.9 Å². The number of alkyl halides is 2. The van der Waals surface area contributed by atoms with Gasteiger partial charge in [-0.2, -0.15) is 0 Å². The number of nitrogens with one attached hydrogen (secondary N) is 1. The van der Waals surface area contributed by atoms with Crippen LogP contribution in [0, 0.1) is 0 Å². The first kappa shape index (κ1) is 23.3. The first-order valence-electron chi connectivity index (χ1n) is 9.01. The maximum atomic E-state index is 13.0. The van der Waals surface area contributed by atoms with Crippen LogP contribution in [-0.2, 0) is 14.4 Å². The number of aliphatic carboxylic acids is 2. The number of anilines is 1. The van der Waals surface area contributed by atoms with Gasteiger partial charge in [0.15, 0.2) is 11.5 Å². The molecule has 30 heavy (non-hydrogen) atoms. The zero-order chi connectivity index (χ0) is 22.5. The number of likely N-dealkylation sites (N-methyl/N-ethyl adjacent to an activating group) is 1. The van der Waals surface area contributed by atoms with Crippen molar-refractivity contribution in [2.75, 3.05) is 39.0 Å². The Morgan fingerprint density at radius 1 is 1.17 bits per heavy atom. The van der Waals surface area contributed by atoms with Crippen LogP contribution in [0.2, 0.25) is 0 Å². The van der Waals surface area contributed by atoms with Gasteiger partial charge >= 0.3 is 18.2 Å². The summed E-state index contributed by atoms with van der Waals surface area (Å²) in [5.41, 5.74) is 0.400. The van der Waals surface area contributed by atoms with E-state index in [-0.39, 0.29) is 24.0 Å². The molecule has 3 rings (SSSR count). The number of fused-ring (bicyclic) bond motifs is 1. The van der Waals surface area contributed by atoms with Gasteiger partial charge in [-0.3, -0.25) is 9.69 Å². The van der Waals surface area contributed by atoms with Gasteiger partial charge in [0.05, 0.1) is 6.54 Å². The van der Waals surface area contributed by atoms with Crippen LogP contribution in [0.25, 0.3) is 0 Å². The average Bonchev–Trinajstić information content (AvgIpc) is 2.95. The predicted octanol–water partition coefficient (Wildman–Crippen LogP) is 1.13. The number of hydrogen-bond donors (Lipinski definition) is 3. The lowest BCUT2D eigenvalue weighted by molar-refractivity contribution is -0.286. The highest BCUT2D eigenvalue weighted by Crippen LogP contribution is 2.42. The summed E-state index contributed by atoms with van der Waals surface area (Å²) in [5.74, 6) is -3.96. The summed E-state index contributed by atoms with van der Waals surface area (Å²) in [5, 5.41) is 17.5. The van der Waals surface area contributed by atoms with E-state index < -0.39 is 18.2 Å². The fourth-order valence-electron chi connectivity index (χ4n) is 3.02. The molecule has 1 saturated heterocycles. The van der Waals surface area contributed by atoms with Gasteiger partial charge in [0.1, 0.15) is 0 Å². The van der Waals surface area contributed by atoms with Crippen molar-refractivity contribution >= 4 is 23.5 Å². The molecule has 1 fully saturated rings. The standard InChI is InChI=1S/C16H21F2N3O3.C2H2O4/c1-20-7-5-12(6-8-20)21(2)10-15(22)19-11-3-4-13-14(9-11)24-16(17,18)23-13;3-1(4)2(5)6/h3-4,9,12H,5-8,10H2,1-2H3,(H,19,22);(H,3,4)(H,5,6). The van der Waals surface area contributed by atoms with Gasteiger partial charge in [0.25, 0.3) is 0 Å². The van der Waals surface area contributed by atoms with Crippen LogP contribution in [0.15, 0.2) is 18.2 Å². The maximum absolute atomic E-state index is 13.0. The van der Waals surface area contributed by atoms with E-state index in [9.17, 15) is 13.6 Å². The monoisotopic (exact) mass is 431 g/mol. The molecule has 1 amide bonds. The molecule has 0 spiro atoms. The molecule has 2 heterocycles. The lowest BCUT2D eigenvalue weighted by atomic mass is 10.0. The van der Waals surface area contributed by atoms with Crippen molar-refractivity contribution in [2.45, 2.75) is 25.2 Å². The number of ether oxygens (including phenoxy) is 2. The minimum atomic E-state index is -3.65. The normalized spacial score (nSPS) is 17.8. The molecule has 1 aromatic carbocycles. The molecule has 2 aliphatic heterocycles. The van der Waals surface area contributed by atoms with Crippen LogP contribution in [0.4, 0.5) is 14.5 Å². The van der Waals surface area contributed by atoms with Crippen molar-refractivity contribution in [1.29, 1.82) is 0 Å². The van der Waals surface area contributed by atoms with Crippen molar-refractivity contribution in [3.8, 4) is 11.5 Å². The number of hydrogen-bond acceptors (Lipinski definition) is 7. The molecule has 3 N–H and O–H groups in total. The first-order chi connectivity index (χ1) is 14.0. The molecule has 0 unspecified atom stereocenters. The summed E-state index contributed by atoms with van der Waals surface area (Å²) in [4.78, 5) is 34.7. The summed E-state index contributed by atoms with van der Waals surface area (Å²) in [6.07, 6.45) is -1.60. The van der Waals surface area contributed by atoms with Gasteiger partial charge in [0, 0.05) is 17.8 Å². The number of amides is 1. The van der Waals surface area contributed by atoms with Crippen LogP contribution >= 0.6 is 0 Å². The summed E-state index contributed by atoms with van der Waals surface area (Å²) in [7, 11) is 4.02. The number of carbonyl (C=O) groups excluding carboxylic acids is 1. The molecule has 0 aromatic heterocycles. The minimum absolute atomic E-state index is 0.0403. The van der Waals surface area contributed by atoms with Gasteiger partial charge in [-0.15, -0.1) is 8.78 Å². The van der Waals surface area contributed by atoms with E-state index in [0.717, 1.165) is 25.9 Å². The van der Waals surface area contributed by atoms with E-state index in [0.29, 0.717) is 11.7 Å². The highest BCUT2D eigenvalue weighted by molar-refractivity contribution is 6.27. The SMILES string of the molecule is CN1CCC(N(C)CC(=O)Nc2ccc3c(c2)OC(F)(F)O3)CC1.O=C(O)C(=O)O. The Morgan fingerprint density at radius 3 is 2.30 bits per heavy atom. The quantitative estimate of drug-likeness (QED) is 0.601. The molecule has 0 saturated carbocycles. The molecule has 2 aliphatic rings. The van der Waals surface area contributed by atoms with Gasteiger partial charge in [-0.25, -0.2) is 9.59 Å². The predicted molar refractivity (Wildman–Crippen MR) is 99.7 cm³/mol. The van der Waals surface area contributed by atoms with Crippen molar-refractivity contribution < 1.29 is 42.9 Å². The largest absolute Gasteiger partial charge is 0.586 e. The second-order valence-electron chi connectivity index (χ2n) is 6.94. The number of nitrogens with zero attached hydrogens (tertiary/aromatic N) is 2. The number of rotatable bonds is 4. The molecular formula is C18H23F2N3O7. The molecule has 0 atom stereocenters. The summed E-state index contributed by atoms with van der Waals surface area (Å²) in [6.45, 7) is 2.29. The smallest absolute Gasteiger partial charge is 0.473 e. The zero-order valence-corrected chi connectivity index (χ0v) is 16.4. The fourth-order valence-corrected chi connectivity index (χ4v) is 3.02. The first-order valence-corrected chi connectivity index (χ1v) is 9.01. The average molecular weight is 431 g/mol. The molecule has 0 bridgehead atoms. The zero-order valence-electron chi connectivity index (χ0n) is 16.4. The molecule has 0 radical (unpaired) electrons. The number of benzene rings is 1. The van der Waals surface area contributed by atoms with Gasteiger partial charge in [-0.1, -0.05) is 0 Å². The lowest BCUT2D eigenvalue weighted by Crippen LogP contribution is -2.44. The fraction of sp³-hybridized carbons (Fsp3) is 0.500. The second-order valence-corrected chi connectivity index (χ2v) is 6.94. The lowest BCUT2D eigenvalue weighted by Gasteiger charge is -2.34. The molecular weight excluding hydrogens is 408 g/mol. The molecule has 1 aromatic rings. The topological polar surface area (TPSA) is 129 Å². The Balaban J connectivity index is 0.000000469. The third-order valence-corrected chi connectivity index (χ3v) is 4.57. The van der Waals surface area contributed by atoms with E-state index in [4.69, 9.17) is 19.8 Å². The number of carboxylic acid groups (broad SMARTS) is 2. The van der Waals surface area contributed by atoms with Gasteiger partial charge in [-0.05, 0) is 52.2 Å². The number of carboxylic acids is 2. The van der Waals surface area contributed by atoms with Gasteiger partial charge < -0.3 is 29.9 Å². The minimum Gasteiger partial charge on any atom is -0.473 e. The van der Waals surface area contributed by atoms with Crippen molar-refractivity contribution in [2.24, 2.45) is 0 Å². The number of halogens is 2. The van der Waals surface area contributed by atoms with Crippen LogP contribution in [0.5, 0.6) is 11.5 Å². The van der Waals surface area contributed by atoms with Crippen LogP contribution < -0.4 is 14.8 Å². The Labute approximate surface area is 171 Å². The van der Waals surface area contributed by atoms with Crippen molar-refractivity contribution in [3.63, 3.8) is 0 Å². The third kappa shape index (κ3) is 6.81. The van der Waals surface area contributed by atoms with Gasteiger partial charge in [0.2, 0.25) is 5.91 Å². The molecule has 10 nitrogen and oxygen atoms in total. The maximum Gasteiger partial charge on any atom is 0.586 e. The summed E-state index contributed by atoms with van der Waals surface area (Å²) >= 11 is 0. The van der Waals surface area contributed by atoms with E-state index >= 15 is 0 Å². The third-order valence-electron chi connectivity index (χ3n) is 4.57. The number of piperidine rings is 1. The Morgan fingerprint density at radius 2 is 1.73 bits per heavy atom. The van der Waals surface area contributed by atoms with E-state index in [1.54, 1.807) is 0 Å². The van der Waals surface area contributed by atoms with Crippen molar-refractivity contribution in [3.05, 3.63) is 18.2 Å². The number of likely N-dealkylation sites (tertiary alicyclic amines) is 1. The van der Waals surface area contributed by atoms with E-state index in [2.05, 4.69) is 26.7 Å². The highest BCUT2D eigenvalue weighted by Gasteiger charge is 2.43. The molecule has 166 valence electrons. The van der Waals surface area contributed by atoms with Crippen LogP contribution in [0.3, 0.4) is 0 Å². The summed E-state index contributed by atoms with van der Waals surface area (Å²) in [6, 6.07) is 4.58. The van der Waals surface area contributed by atoms with Crippen LogP contribution in [0.1, 0.15) is 12.8 Å². The second kappa shape index (κ2) is 9.67. The van der Waals surface area contributed by atoms with E-state index in [1.165, 1.54) is 18.2 Å². The Kier molecular flexibility index (Phi) is 7.51. The highest BCUT2D eigenvalue weighted by atomic mass is 19.3. The van der Waals surface area contributed by atoms with Crippen molar-refractivity contribution in [1.82, 2.24) is 9.80 Å². The Hall–Kier alpha value is -2.99. The molecule has 0 aliphatic carbocycles. The Bertz CT molecular complexity index is 786.